The molecule has 0 saturated carbocycles. The van der Waals surface area contributed by atoms with Crippen molar-refractivity contribution in [3.8, 4) is 0 Å². The fourth-order valence-electron chi connectivity index (χ4n) is 0.660. The molecule has 0 fully saturated rings. The predicted molar refractivity (Wildman–Crippen MR) is 50.9 cm³/mol. The minimum atomic E-state index is -3.26. The van der Waals surface area contributed by atoms with Gasteiger partial charge in [0.1, 0.15) is 11.0 Å². The molecule has 0 spiro atoms. The highest BCUT2D eigenvalue weighted by Crippen LogP contribution is 2.02. The van der Waals surface area contributed by atoms with Crippen LogP contribution >= 0.6 is 11.6 Å². The summed E-state index contributed by atoms with van der Waals surface area (Å²) in [5.74, 6) is -0.798. The molecule has 0 saturated heterocycles. The first-order valence-corrected chi connectivity index (χ1v) is 3.59. The molecule has 0 aliphatic heterocycles. The molecule has 0 bridgehead atoms. The zero-order valence-electron chi connectivity index (χ0n) is 13.3. The van der Waals surface area contributed by atoms with E-state index in [4.69, 9.17) is 31.2 Å². The zero-order valence-corrected chi connectivity index (χ0v) is 7.08. The first-order valence-electron chi connectivity index (χ1n) is 6.71. The van der Waals surface area contributed by atoms with E-state index in [0.29, 0.717) is 0 Å². The molecular formula is C7H10BClN2O2. The van der Waals surface area contributed by atoms with E-state index in [1.54, 1.807) is 0 Å². The lowest BCUT2D eigenvalue weighted by atomic mass is 9.83. The molecule has 0 aromatic carbocycles. The molecule has 0 atom stereocenters. The molecule has 1 heterocycles. The maximum Gasteiger partial charge on any atom is 0.493 e. The largest absolute Gasteiger partial charge is 0.493 e. The third kappa shape index (κ3) is 2.65. The Hall–Kier alpha value is -0.645. The van der Waals surface area contributed by atoms with Crippen LogP contribution in [0.1, 0.15) is 28.6 Å². The van der Waals surface area contributed by atoms with E-state index in [0.717, 1.165) is 6.20 Å². The minimum absolute atomic E-state index is 0.305. The van der Waals surface area contributed by atoms with Gasteiger partial charge in [-0.25, -0.2) is 9.97 Å². The normalized spacial score (nSPS) is 21.3. The summed E-state index contributed by atoms with van der Waals surface area (Å²) in [6, 6.07) is 0. The van der Waals surface area contributed by atoms with Crippen molar-refractivity contribution in [2.45, 2.75) is 19.6 Å². The van der Waals surface area contributed by atoms with Crippen LogP contribution in [0.15, 0.2) is 6.20 Å². The average molecular weight is 207 g/mol. The molecule has 2 N–H and O–H groups in total. The fourth-order valence-corrected chi connectivity index (χ4v) is 0.886. The molecule has 4 nitrogen and oxygen atoms in total. The monoisotopic (exact) mass is 207 g/mol. The predicted octanol–water partition coefficient (Wildman–Crippen LogP) is -0.238. The van der Waals surface area contributed by atoms with Gasteiger partial charge in [0.25, 0.3) is 0 Å². The second-order valence-corrected chi connectivity index (χ2v) is 2.42. The SMILES string of the molecule is [2H]C([2H])([2H])C([2H])([2H])C([2H])([2H])c1ncc(B(O)O)c(Cl)n1. The first kappa shape index (κ1) is 4.25. The van der Waals surface area contributed by atoms with Gasteiger partial charge >= 0.3 is 7.12 Å². The van der Waals surface area contributed by atoms with E-state index in [1.165, 1.54) is 0 Å². The standard InChI is InChI=1S/C7H10BClN2O2/c1-2-3-6-10-4-5(8(12)13)7(9)11-6/h4,12-13H,2-3H2,1H3/i1D3,2D2,3D2. The molecule has 1 rings (SSSR count). The average Bonchev–Trinajstić information content (AvgIpc) is 2.26. The fraction of sp³-hybridized carbons (Fsp3) is 0.429. The highest BCUT2D eigenvalue weighted by Gasteiger charge is 2.16. The van der Waals surface area contributed by atoms with Gasteiger partial charge in [0.15, 0.2) is 0 Å². The van der Waals surface area contributed by atoms with Crippen LogP contribution in [-0.2, 0) is 6.37 Å². The minimum Gasteiger partial charge on any atom is -0.423 e. The summed E-state index contributed by atoms with van der Waals surface area (Å²) in [6.07, 6.45) is -5.52. The lowest BCUT2D eigenvalue weighted by molar-refractivity contribution is 0.425. The Bertz CT molecular complexity index is 510. The molecule has 1 aromatic rings. The number of halogens is 1. The molecule has 70 valence electrons. The molecule has 13 heavy (non-hydrogen) atoms. The van der Waals surface area contributed by atoms with Crippen molar-refractivity contribution < 1.29 is 19.6 Å². The lowest BCUT2D eigenvalue weighted by Gasteiger charge is -2.02. The van der Waals surface area contributed by atoms with Gasteiger partial charge in [0.05, 0.1) is 0 Å². The van der Waals surface area contributed by atoms with Gasteiger partial charge in [0.2, 0.25) is 0 Å². The summed E-state index contributed by atoms with van der Waals surface area (Å²) in [7, 11) is -1.98. The number of aryl methyl sites for hydroxylation is 1. The number of hydrogen-bond acceptors (Lipinski definition) is 4. The summed E-state index contributed by atoms with van der Waals surface area (Å²) >= 11 is 5.59. The van der Waals surface area contributed by atoms with Crippen molar-refractivity contribution in [3.63, 3.8) is 0 Å². The number of rotatable bonds is 3. The highest BCUT2D eigenvalue weighted by molar-refractivity contribution is 6.62. The Labute approximate surface area is 91.6 Å². The summed E-state index contributed by atoms with van der Waals surface area (Å²) in [4.78, 5) is 6.85. The smallest absolute Gasteiger partial charge is 0.423 e. The summed E-state index contributed by atoms with van der Waals surface area (Å²) in [5, 5.41) is 17.3. The van der Waals surface area contributed by atoms with Crippen LogP contribution in [0.5, 0.6) is 0 Å². The van der Waals surface area contributed by atoms with E-state index >= 15 is 0 Å². The summed E-state index contributed by atoms with van der Waals surface area (Å²) < 4.78 is 51.3. The first-order chi connectivity index (χ1) is 8.82. The van der Waals surface area contributed by atoms with Gasteiger partial charge in [-0.15, -0.1) is 0 Å². The van der Waals surface area contributed by atoms with Gasteiger partial charge in [-0.1, -0.05) is 18.5 Å². The van der Waals surface area contributed by atoms with Crippen LogP contribution in [0.3, 0.4) is 0 Å². The number of aromatic nitrogens is 2. The van der Waals surface area contributed by atoms with Crippen molar-refractivity contribution in [1.29, 1.82) is 0 Å². The highest BCUT2D eigenvalue weighted by atomic mass is 35.5. The van der Waals surface area contributed by atoms with E-state index in [2.05, 4.69) is 9.97 Å². The van der Waals surface area contributed by atoms with Gasteiger partial charge < -0.3 is 10.0 Å². The summed E-state index contributed by atoms with van der Waals surface area (Å²) in [5.41, 5.74) is -0.305. The Morgan fingerprint density at radius 2 is 2.54 bits per heavy atom. The van der Waals surface area contributed by atoms with Crippen molar-refractivity contribution in [2.75, 3.05) is 0 Å². The summed E-state index contributed by atoms with van der Waals surface area (Å²) in [6.45, 7) is -3.25. The molecule has 0 unspecified atom stereocenters. The van der Waals surface area contributed by atoms with Crippen molar-refractivity contribution in [1.82, 2.24) is 9.97 Å². The second kappa shape index (κ2) is 4.55. The van der Waals surface area contributed by atoms with E-state index < -0.39 is 37.7 Å². The van der Waals surface area contributed by atoms with Crippen LogP contribution in [0, 0.1) is 0 Å². The van der Waals surface area contributed by atoms with Crippen LogP contribution < -0.4 is 5.46 Å². The van der Waals surface area contributed by atoms with Gasteiger partial charge in [-0.3, -0.25) is 0 Å². The Balaban J connectivity index is 3.33. The van der Waals surface area contributed by atoms with Crippen molar-refractivity contribution in [3.05, 3.63) is 17.2 Å². The van der Waals surface area contributed by atoms with Crippen molar-refractivity contribution in [2.24, 2.45) is 0 Å². The topological polar surface area (TPSA) is 66.2 Å². The van der Waals surface area contributed by atoms with Crippen molar-refractivity contribution >= 4 is 24.2 Å². The maximum absolute atomic E-state index is 8.92. The van der Waals surface area contributed by atoms with Crippen LogP contribution in [-0.4, -0.2) is 27.1 Å². The van der Waals surface area contributed by atoms with E-state index in [1.807, 2.05) is 0 Å². The molecule has 6 heteroatoms. The third-order valence-electron chi connectivity index (χ3n) is 1.22. The Morgan fingerprint density at radius 1 is 1.77 bits per heavy atom. The Morgan fingerprint density at radius 3 is 3.08 bits per heavy atom. The molecule has 0 aliphatic carbocycles. The quantitative estimate of drug-likeness (QED) is 0.530. The maximum atomic E-state index is 8.92. The third-order valence-corrected chi connectivity index (χ3v) is 1.52. The number of nitrogens with zero attached hydrogens (tertiary/aromatic N) is 2. The van der Waals surface area contributed by atoms with Gasteiger partial charge in [-0.2, -0.15) is 0 Å². The van der Waals surface area contributed by atoms with E-state index in [-0.39, 0.29) is 5.46 Å². The van der Waals surface area contributed by atoms with Gasteiger partial charge in [0, 0.05) is 27.6 Å². The molecule has 0 aliphatic rings. The second-order valence-electron chi connectivity index (χ2n) is 2.06. The molecule has 0 amide bonds. The van der Waals surface area contributed by atoms with Crippen LogP contribution in [0.4, 0.5) is 0 Å². The number of hydrogen-bond donors (Lipinski definition) is 2. The molecular weight excluding hydrogens is 190 g/mol. The molecule has 1 aromatic heterocycles. The van der Waals surface area contributed by atoms with E-state index in [9.17, 15) is 0 Å². The van der Waals surface area contributed by atoms with Crippen LogP contribution in [0.25, 0.3) is 0 Å². The molecule has 0 radical (unpaired) electrons. The zero-order chi connectivity index (χ0) is 15.9. The lowest BCUT2D eigenvalue weighted by Crippen LogP contribution is -2.32. The Kier molecular flexibility index (Phi) is 1.49. The van der Waals surface area contributed by atoms with Crippen LogP contribution in [0.2, 0.25) is 5.15 Å². The van der Waals surface area contributed by atoms with Gasteiger partial charge in [-0.05, 0) is 6.37 Å².